The third kappa shape index (κ3) is 5.25. The van der Waals surface area contributed by atoms with Gasteiger partial charge in [0, 0.05) is 6.54 Å². The van der Waals surface area contributed by atoms with Gasteiger partial charge in [-0.15, -0.1) is 6.58 Å². The van der Waals surface area contributed by atoms with E-state index in [1.165, 1.54) is 17.9 Å². The van der Waals surface area contributed by atoms with Crippen molar-refractivity contribution in [2.45, 2.75) is 13.0 Å². The van der Waals surface area contributed by atoms with Gasteiger partial charge in [-0.2, -0.15) is 0 Å². The second kappa shape index (κ2) is 9.97. The van der Waals surface area contributed by atoms with E-state index >= 15 is 0 Å². The number of amidine groups is 1. The Morgan fingerprint density at radius 2 is 1.88 bits per heavy atom. The van der Waals surface area contributed by atoms with Crippen LogP contribution >= 0.6 is 11.8 Å². The molecule has 0 spiro atoms. The molecule has 3 rings (SSSR count). The first kappa shape index (κ1) is 22.8. The smallest absolute Gasteiger partial charge is 0.344 e. The first-order chi connectivity index (χ1) is 15.3. The first-order valence-electron chi connectivity index (χ1n) is 9.53. The van der Waals surface area contributed by atoms with Crippen LogP contribution in [0, 0.1) is 0 Å². The van der Waals surface area contributed by atoms with Crippen LogP contribution in [0.25, 0.3) is 6.08 Å². The third-order valence-electron chi connectivity index (χ3n) is 4.39. The predicted molar refractivity (Wildman–Crippen MR) is 122 cm³/mol. The average Bonchev–Trinajstić information content (AvgIpc) is 3.04. The van der Waals surface area contributed by atoms with Gasteiger partial charge in [0.05, 0.1) is 16.2 Å². The minimum Gasteiger partial charge on any atom is -0.479 e. The van der Waals surface area contributed by atoms with Gasteiger partial charge in [0.1, 0.15) is 5.75 Å². The van der Waals surface area contributed by atoms with E-state index in [1.807, 2.05) is 0 Å². The lowest BCUT2D eigenvalue weighted by molar-refractivity contribution is -0.144. The summed E-state index contributed by atoms with van der Waals surface area (Å²) in [7, 11) is 0. The fourth-order valence-corrected chi connectivity index (χ4v) is 3.79. The highest BCUT2D eigenvalue weighted by Crippen LogP contribution is 2.35. The van der Waals surface area contributed by atoms with E-state index < -0.39 is 18.0 Å². The van der Waals surface area contributed by atoms with E-state index in [0.717, 1.165) is 11.8 Å². The largest absolute Gasteiger partial charge is 0.479 e. The zero-order chi connectivity index (χ0) is 23.3. The lowest BCUT2D eigenvalue weighted by atomic mass is 10.2. The van der Waals surface area contributed by atoms with E-state index in [2.05, 4.69) is 11.6 Å². The van der Waals surface area contributed by atoms with Gasteiger partial charge in [0.15, 0.2) is 11.3 Å². The van der Waals surface area contributed by atoms with Crippen LogP contribution in [0.3, 0.4) is 0 Å². The van der Waals surface area contributed by atoms with Crippen LogP contribution in [-0.4, -0.2) is 50.8 Å². The molecule has 1 aliphatic rings. The summed E-state index contributed by atoms with van der Waals surface area (Å²) in [5.74, 6) is -2.05. The lowest BCUT2D eigenvalue weighted by Gasteiger charge is -2.13. The molecule has 0 aromatic heterocycles. The molecule has 1 amide bonds. The van der Waals surface area contributed by atoms with Gasteiger partial charge in [-0.1, -0.05) is 30.3 Å². The molecule has 1 heterocycles. The number of amides is 1. The molecule has 1 atom stereocenters. The monoisotopic (exact) mass is 452 g/mol. The maximum atomic E-state index is 12.9. The van der Waals surface area contributed by atoms with E-state index in [-0.39, 0.29) is 23.7 Å². The van der Waals surface area contributed by atoms with Crippen molar-refractivity contribution in [3.05, 3.63) is 77.2 Å². The summed E-state index contributed by atoms with van der Waals surface area (Å²) < 4.78 is 5.31. The highest BCUT2D eigenvalue weighted by molar-refractivity contribution is 8.18. The SMILES string of the molecule is C=CCN1C(=O)/C(=C/c2ccc(OC(C)C(=O)O)cc2)SC1=Nc1ccccc1C(=O)O. The number of carboxylic acids is 2. The lowest BCUT2D eigenvalue weighted by Crippen LogP contribution is -2.29. The van der Waals surface area contributed by atoms with Crippen molar-refractivity contribution in [2.24, 2.45) is 4.99 Å². The topological polar surface area (TPSA) is 117 Å². The minimum absolute atomic E-state index is 0.0372. The maximum Gasteiger partial charge on any atom is 0.344 e. The number of hydrogen-bond acceptors (Lipinski definition) is 6. The molecule has 0 saturated carbocycles. The van der Waals surface area contributed by atoms with Crippen LogP contribution < -0.4 is 4.74 Å². The van der Waals surface area contributed by atoms with Crippen molar-refractivity contribution in [3.8, 4) is 5.75 Å². The number of hydrogen-bond donors (Lipinski definition) is 2. The summed E-state index contributed by atoms with van der Waals surface area (Å²) in [6.45, 7) is 5.33. The van der Waals surface area contributed by atoms with E-state index in [4.69, 9.17) is 9.84 Å². The van der Waals surface area contributed by atoms with Crippen molar-refractivity contribution in [2.75, 3.05) is 6.54 Å². The van der Waals surface area contributed by atoms with Crippen molar-refractivity contribution in [1.82, 2.24) is 4.90 Å². The van der Waals surface area contributed by atoms with Crippen LogP contribution in [0.5, 0.6) is 5.75 Å². The molecule has 8 nitrogen and oxygen atoms in total. The summed E-state index contributed by atoms with van der Waals surface area (Å²) in [5.41, 5.74) is 0.997. The van der Waals surface area contributed by atoms with E-state index in [0.29, 0.717) is 21.4 Å². The number of carbonyl (C=O) groups excluding carboxylic acids is 1. The number of benzene rings is 2. The number of ether oxygens (including phenoxy) is 1. The molecule has 1 fully saturated rings. The molecule has 164 valence electrons. The van der Waals surface area contributed by atoms with Crippen LogP contribution in [0.2, 0.25) is 0 Å². The fourth-order valence-electron chi connectivity index (χ4n) is 2.79. The fraction of sp³-hybridized carbons (Fsp3) is 0.130. The Hall–Kier alpha value is -3.85. The van der Waals surface area contributed by atoms with Crippen LogP contribution in [0.4, 0.5) is 5.69 Å². The number of aliphatic imine (C=N–C) groups is 1. The highest BCUT2D eigenvalue weighted by Gasteiger charge is 2.33. The molecular weight excluding hydrogens is 432 g/mol. The molecule has 0 aliphatic carbocycles. The molecule has 0 bridgehead atoms. The number of para-hydroxylation sites is 1. The Bertz CT molecular complexity index is 1120. The van der Waals surface area contributed by atoms with Gasteiger partial charge in [-0.3, -0.25) is 9.69 Å². The second-order valence-electron chi connectivity index (χ2n) is 6.70. The quantitative estimate of drug-likeness (QED) is 0.459. The van der Waals surface area contributed by atoms with Gasteiger partial charge in [0.25, 0.3) is 5.91 Å². The van der Waals surface area contributed by atoms with Gasteiger partial charge in [-0.05, 0) is 54.6 Å². The molecule has 1 saturated heterocycles. The Balaban J connectivity index is 1.88. The molecule has 2 aromatic rings. The Morgan fingerprint density at radius 3 is 2.50 bits per heavy atom. The summed E-state index contributed by atoms with van der Waals surface area (Å²) in [4.78, 5) is 41.6. The van der Waals surface area contributed by atoms with E-state index in [9.17, 15) is 19.5 Å². The first-order valence-corrected chi connectivity index (χ1v) is 10.3. The molecular formula is C23H20N2O6S. The van der Waals surface area contributed by atoms with Gasteiger partial charge < -0.3 is 14.9 Å². The number of nitrogens with zero attached hydrogens (tertiary/aromatic N) is 2. The summed E-state index contributed by atoms with van der Waals surface area (Å²) in [5, 5.41) is 18.7. The second-order valence-corrected chi connectivity index (χ2v) is 7.71. The van der Waals surface area contributed by atoms with Crippen molar-refractivity contribution >= 4 is 46.5 Å². The van der Waals surface area contributed by atoms with Crippen LogP contribution in [0.15, 0.2) is 71.1 Å². The third-order valence-corrected chi connectivity index (χ3v) is 5.40. The van der Waals surface area contributed by atoms with Crippen LogP contribution in [0.1, 0.15) is 22.8 Å². The standard InChI is InChI=1S/C23H20N2O6S/c1-3-12-25-20(26)19(13-15-8-10-16(11-9-15)31-14(2)21(27)28)32-23(25)24-18-7-5-4-6-17(18)22(29)30/h3-11,13-14H,1,12H2,2H3,(H,27,28)(H,29,30)/b19-13-,24-23?. The zero-order valence-electron chi connectivity index (χ0n) is 17.1. The number of thioether (sulfide) groups is 1. The molecule has 9 heteroatoms. The maximum absolute atomic E-state index is 12.9. The molecule has 1 unspecified atom stereocenters. The number of carbonyl (C=O) groups is 3. The molecule has 0 radical (unpaired) electrons. The zero-order valence-corrected chi connectivity index (χ0v) is 17.9. The predicted octanol–water partition coefficient (Wildman–Crippen LogP) is 4.03. The molecule has 32 heavy (non-hydrogen) atoms. The Morgan fingerprint density at radius 1 is 1.19 bits per heavy atom. The molecule has 2 N–H and O–H groups in total. The van der Waals surface area contributed by atoms with E-state index in [1.54, 1.807) is 54.6 Å². The number of carboxylic acid groups (broad SMARTS) is 2. The number of aromatic carboxylic acids is 1. The van der Waals surface area contributed by atoms with Crippen LogP contribution in [-0.2, 0) is 9.59 Å². The van der Waals surface area contributed by atoms with Gasteiger partial charge in [0.2, 0.25) is 0 Å². The van der Waals surface area contributed by atoms with Gasteiger partial charge in [-0.25, -0.2) is 14.6 Å². The Kier molecular flexibility index (Phi) is 7.11. The van der Waals surface area contributed by atoms with Crippen molar-refractivity contribution in [1.29, 1.82) is 0 Å². The summed E-state index contributed by atoms with van der Waals surface area (Å²) in [6, 6.07) is 13.0. The molecule has 1 aliphatic heterocycles. The van der Waals surface area contributed by atoms with Crippen molar-refractivity contribution in [3.63, 3.8) is 0 Å². The average molecular weight is 452 g/mol. The van der Waals surface area contributed by atoms with Gasteiger partial charge >= 0.3 is 11.9 Å². The summed E-state index contributed by atoms with van der Waals surface area (Å²) in [6.07, 6.45) is 2.26. The van der Waals surface area contributed by atoms with Crippen molar-refractivity contribution < 1.29 is 29.3 Å². The number of aliphatic carboxylic acids is 1. The number of rotatable bonds is 8. The summed E-state index contributed by atoms with van der Waals surface area (Å²) >= 11 is 1.13. The normalized spacial score (nSPS) is 16.9. The Labute approximate surface area is 188 Å². The minimum atomic E-state index is -1.11. The highest BCUT2D eigenvalue weighted by atomic mass is 32.2. The molecule has 2 aromatic carbocycles.